The Hall–Kier alpha value is 0.626. The summed E-state index contributed by atoms with van der Waals surface area (Å²) in [5, 5.41) is 8.38. The van der Waals surface area contributed by atoms with Gasteiger partial charge in [-0.15, -0.1) is 0 Å². The fourth-order valence-electron chi connectivity index (χ4n) is 0.643. The maximum absolute atomic E-state index is 10.2. The van der Waals surface area contributed by atoms with Gasteiger partial charge >= 0.3 is 57.4 Å². The van der Waals surface area contributed by atoms with Crippen LogP contribution < -0.4 is 81.0 Å². The molecule has 6 nitrogen and oxygen atoms in total. The molecule has 0 spiro atoms. The van der Waals surface area contributed by atoms with Crippen LogP contribution in [0.15, 0.2) is 4.99 Å². The first-order chi connectivity index (χ1) is 5.54. The second-order valence-corrected chi connectivity index (χ2v) is 2.39. The van der Waals surface area contributed by atoms with Crippen LogP contribution >= 0.6 is 0 Å². The molecule has 0 radical (unpaired) electrons. The van der Waals surface area contributed by atoms with Gasteiger partial charge in [0.15, 0.2) is 5.96 Å². The largest absolute Gasteiger partial charge is 1.00 e. The zero-order valence-corrected chi connectivity index (χ0v) is 12.0. The Kier molecular flexibility index (Phi) is 16.8. The Morgan fingerprint density at radius 1 is 1.43 bits per heavy atom. The number of aliphatic carboxylic acids is 1. The molecule has 0 aliphatic heterocycles. The molecule has 0 amide bonds. The van der Waals surface area contributed by atoms with E-state index in [2.05, 4.69) is 4.99 Å². The van der Waals surface area contributed by atoms with Crippen LogP contribution in [0.5, 0.6) is 0 Å². The molecule has 0 saturated carbocycles. The molecule has 8 heteroatoms. The molecule has 78 valence electrons. The minimum Gasteiger partial charge on any atom is -1.00 e. The fraction of sp³-hybridized carbons (Fsp3) is 0.667. The van der Waals surface area contributed by atoms with Crippen molar-refractivity contribution in [2.24, 2.45) is 22.2 Å². The molecule has 0 aromatic heterocycles. The van der Waals surface area contributed by atoms with E-state index in [9.17, 15) is 4.79 Å². The summed E-state index contributed by atoms with van der Waals surface area (Å²) in [7, 11) is 0. The van der Waals surface area contributed by atoms with Crippen LogP contribution in [0.4, 0.5) is 0 Å². The average Bonchev–Trinajstić information content (AvgIpc) is 1.97. The third kappa shape index (κ3) is 12.6. The number of hydrogen-bond donors (Lipinski definition) is 4. The van der Waals surface area contributed by atoms with Crippen LogP contribution in [0.1, 0.15) is 12.8 Å². The molecule has 7 N–H and O–H groups in total. The first-order valence-electron chi connectivity index (χ1n) is 3.58. The molecule has 1 atom stereocenters. The molecule has 0 bridgehead atoms. The molecule has 0 heterocycles. The standard InChI is InChI=1S/C6H14N4O2.ClH.K/c7-4(5(11)12)2-1-3-10-6(8)9;;/h4H,1-3,7H2,(H,11,12)(H4,8,9,10);1H;/q;;+1/p-1/t4-;;/m0../s1. The summed E-state index contributed by atoms with van der Waals surface area (Å²) >= 11 is 0. The third-order valence-corrected chi connectivity index (χ3v) is 1.28. The van der Waals surface area contributed by atoms with Crippen molar-refractivity contribution in [1.29, 1.82) is 0 Å². The van der Waals surface area contributed by atoms with E-state index in [1.54, 1.807) is 0 Å². The van der Waals surface area contributed by atoms with Crippen molar-refractivity contribution >= 4 is 11.9 Å². The molecule has 0 fully saturated rings. The van der Waals surface area contributed by atoms with Gasteiger partial charge in [-0.25, -0.2) is 0 Å². The van der Waals surface area contributed by atoms with Crippen molar-refractivity contribution in [2.75, 3.05) is 6.54 Å². The van der Waals surface area contributed by atoms with Gasteiger partial charge in [0.05, 0.1) is 0 Å². The maximum atomic E-state index is 10.2. The van der Waals surface area contributed by atoms with Gasteiger partial charge in [-0.3, -0.25) is 9.79 Å². The van der Waals surface area contributed by atoms with Gasteiger partial charge in [0.2, 0.25) is 0 Å². The van der Waals surface area contributed by atoms with Crippen LogP contribution in [0.2, 0.25) is 0 Å². The van der Waals surface area contributed by atoms with E-state index >= 15 is 0 Å². The van der Waals surface area contributed by atoms with E-state index in [4.69, 9.17) is 22.3 Å². The molecule has 0 aliphatic rings. The molecule has 0 unspecified atom stereocenters. The van der Waals surface area contributed by atoms with Gasteiger partial charge in [-0.2, -0.15) is 0 Å². The number of carboxylic acids is 1. The SMILES string of the molecule is NC(N)=NCCC[C@H](N)C(=O)O.[Cl-].[K+]. The van der Waals surface area contributed by atoms with E-state index in [0.717, 1.165) is 0 Å². The molecule has 0 rings (SSSR count). The summed E-state index contributed by atoms with van der Waals surface area (Å²) < 4.78 is 0. The van der Waals surface area contributed by atoms with Crippen LogP contribution in [0, 0.1) is 0 Å². The van der Waals surface area contributed by atoms with E-state index < -0.39 is 12.0 Å². The topological polar surface area (TPSA) is 128 Å². The molecule has 14 heavy (non-hydrogen) atoms. The van der Waals surface area contributed by atoms with Gasteiger partial charge in [0.25, 0.3) is 0 Å². The quantitative estimate of drug-likeness (QED) is 0.166. The molecular weight excluding hydrogens is 235 g/mol. The monoisotopic (exact) mass is 248 g/mol. The minimum atomic E-state index is -1.00. The van der Waals surface area contributed by atoms with Gasteiger partial charge in [0.1, 0.15) is 6.04 Å². The Labute approximate surface area is 132 Å². The van der Waals surface area contributed by atoms with E-state index in [1.165, 1.54) is 0 Å². The average molecular weight is 249 g/mol. The van der Waals surface area contributed by atoms with Crippen molar-refractivity contribution < 1.29 is 73.7 Å². The van der Waals surface area contributed by atoms with Crippen LogP contribution in [-0.4, -0.2) is 29.6 Å². The summed E-state index contributed by atoms with van der Waals surface area (Å²) in [5.41, 5.74) is 15.3. The van der Waals surface area contributed by atoms with Crippen molar-refractivity contribution in [3.05, 3.63) is 0 Å². The Morgan fingerprint density at radius 3 is 2.29 bits per heavy atom. The van der Waals surface area contributed by atoms with E-state index in [1.807, 2.05) is 0 Å². The van der Waals surface area contributed by atoms with Crippen molar-refractivity contribution in [3.63, 3.8) is 0 Å². The number of nitrogens with zero attached hydrogens (tertiary/aromatic N) is 1. The summed E-state index contributed by atoms with van der Waals surface area (Å²) in [5.74, 6) is -0.987. The number of carbonyl (C=O) groups is 1. The number of rotatable bonds is 5. The first-order valence-corrected chi connectivity index (χ1v) is 3.58. The summed E-state index contributed by atoms with van der Waals surface area (Å²) in [4.78, 5) is 13.9. The Bertz CT molecular complexity index is 187. The van der Waals surface area contributed by atoms with E-state index in [0.29, 0.717) is 19.4 Å². The maximum Gasteiger partial charge on any atom is 1.00 e. The van der Waals surface area contributed by atoms with E-state index in [-0.39, 0.29) is 69.8 Å². The third-order valence-electron chi connectivity index (χ3n) is 1.28. The number of hydrogen-bond acceptors (Lipinski definition) is 3. The number of aliphatic imine (C=N–C) groups is 1. The first kappa shape index (κ1) is 20.1. The van der Waals surface area contributed by atoms with Gasteiger partial charge in [-0.1, -0.05) is 0 Å². The number of nitrogens with two attached hydrogens (primary N) is 3. The molecule has 0 aliphatic carbocycles. The second-order valence-electron chi connectivity index (χ2n) is 2.39. The summed E-state index contributed by atoms with van der Waals surface area (Å²) in [6.07, 6.45) is 0.956. The molecule has 0 aromatic rings. The van der Waals surface area contributed by atoms with Crippen molar-refractivity contribution in [2.45, 2.75) is 18.9 Å². The number of carboxylic acid groups (broad SMARTS) is 1. The smallest absolute Gasteiger partial charge is 1.00 e. The van der Waals surface area contributed by atoms with Gasteiger partial charge in [0, 0.05) is 6.54 Å². The summed E-state index contributed by atoms with van der Waals surface area (Å²) in [6, 6.07) is -0.820. The van der Waals surface area contributed by atoms with Crippen LogP contribution in [0.25, 0.3) is 0 Å². The fourth-order valence-corrected chi connectivity index (χ4v) is 0.643. The Morgan fingerprint density at radius 2 is 1.93 bits per heavy atom. The minimum absolute atomic E-state index is 0. The molecule has 0 aromatic carbocycles. The van der Waals surface area contributed by atoms with Crippen LogP contribution in [-0.2, 0) is 4.79 Å². The van der Waals surface area contributed by atoms with Crippen molar-refractivity contribution in [3.8, 4) is 0 Å². The zero-order valence-electron chi connectivity index (χ0n) is 8.11. The predicted octanol–water partition coefficient (Wildman–Crippen LogP) is -7.54. The van der Waals surface area contributed by atoms with Gasteiger partial charge < -0.3 is 34.7 Å². The Balaban J connectivity index is -0.000000605. The molecular formula is C6H14ClKN4O2. The number of guanidine groups is 1. The predicted molar refractivity (Wildman–Crippen MR) is 45.5 cm³/mol. The van der Waals surface area contributed by atoms with Gasteiger partial charge in [-0.05, 0) is 12.8 Å². The normalized spacial score (nSPS) is 10.4. The number of halogens is 1. The summed E-state index contributed by atoms with van der Waals surface area (Å²) in [6.45, 7) is 0.420. The van der Waals surface area contributed by atoms with Crippen molar-refractivity contribution in [1.82, 2.24) is 0 Å². The second kappa shape index (κ2) is 11.7. The molecule has 0 saturated heterocycles. The van der Waals surface area contributed by atoms with Crippen LogP contribution in [0.3, 0.4) is 0 Å². The zero-order chi connectivity index (χ0) is 9.56.